The van der Waals surface area contributed by atoms with E-state index in [0.717, 1.165) is 32.1 Å². The Hall–Kier alpha value is -2.74. The van der Waals surface area contributed by atoms with Gasteiger partial charge in [-0.3, -0.25) is 19.3 Å². The molecule has 5 atom stereocenters. The largest absolute Gasteiger partial charge is 0.462 e. The van der Waals surface area contributed by atoms with Crippen LogP contribution in [0, 0.1) is 23.7 Å². The lowest BCUT2D eigenvalue weighted by atomic mass is 9.81. The number of imide groups is 1. The summed E-state index contributed by atoms with van der Waals surface area (Å²) >= 11 is 0. The standard InChI is InChI=1S/C28H37NO7/c1-18-5-3-2-4-6-21-15-22(16-23(21)24(30)11-14-27(33)35-18)36-28(34)20-9-7-19(8-10-20)17-29-25(31)12-13-26(29)32/h4,6,11-14,18-24,30H,2-3,5,7-10,15-17H2,1H3/b6-4+,14-11+/t18-,19-,20-,21+,22-,23+,24+/m0/s1. The van der Waals surface area contributed by atoms with Crippen LogP contribution in [-0.4, -0.2) is 58.6 Å². The molecular weight excluding hydrogens is 462 g/mol. The van der Waals surface area contributed by atoms with Crippen molar-refractivity contribution in [2.75, 3.05) is 6.54 Å². The molecule has 2 amide bonds. The number of aliphatic hydroxyl groups excluding tert-OH is 1. The number of ether oxygens (including phenoxy) is 2. The van der Waals surface area contributed by atoms with E-state index in [9.17, 15) is 24.3 Å². The van der Waals surface area contributed by atoms with E-state index >= 15 is 0 Å². The molecule has 8 heteroatoms. The Balaban J connectivity index is 1.29. The zero-order chi connectivity index (χ0) is 25.7. The first-order chi connectivity index (χ1) is 17.3. The number of hydrogen-bond acceptors (Lipinski definition) is 7. The van der Waals surface area contributed by atoms with Gasteiger partial charge in [0.05, 0.1) is 18.1 Å². The van der Waals surface area contributed by atoms with Gasteiger partial charge in [0, 0.05) is 24.8 Å². The number of rotatable bonds is 4. The van der Waals surface area contributed by atoms with Crippen LogP contribution in [-0.2, 0) is 28.7 Å². The van der Waals surface area contributed by atoms with Crippen molar-refractivity contribution >= 4 is 23.8 Å². The number of allylic oxidation sites excluding steroid dienone is 2. The van der Waals surface area contributed by atoms with Crippen LogP contribution in [0.2, 0.25) is 0 Å². The van der Waals surface area contributed by atoms with Crippen molar-refractivity contribution in [1.82, 2.24) is 4.90 Å². The van der Waals surface area contributed by atoms with E-state index in [1.807, 2.05) is 6.92 Å². The zero-order valence-corrected chi connectivity index (χ0v) is 20.9. The predicted octanol–water partition coefficient (Wildman–Crippen LogP) is 3.24. The monoisotopic (exact) mass is 499 g/mol. The van der Waals surface area contributed by atoms with E-state index in [0.29, 0.717) is 32.2 Å². The van der Waals surface area contributed by atoms with E-state index in [4.69, 9.17) is 9.47 Å². The summed E-state index contributed by atoms with van der Waals surface area (Å²) in [7, 11) is 0. The van der Waals surface area contributed by atoms with Crippen molar-refractivity contribution in [2.24, 2.45) is 23.7 Å². The minimum atomic E-state index is -0.826. The highest BCUT2D eigenvalue weighted by Gasteiger charge is 2.40. The second-order valence-electron chi connectivity index (χ2n) is 10.7. The number of amides is 2. The van der Waals surface area contributed by atoms with Gasteiger partial charge in [-0.15, -0.1) is 0 Å². The van der Waals surface area contributed by atoms with E-state index in [-0.39, 0.29) is 53.7 Å². The van der Waals surface area contributed by atoms with Crippen molar-refractivity contribution < 1.29 is 33.8 Å². The number of carbonyl (C=O) groups excluding carboxylic acids is 4. The van der Waals surface area contributed by atoms with E-state index in [2.05, 4.69) is 12.2 Å². The molecule has 2 fully saturated rings. The molecule has 0 aromatic heterocycles. The summed E-state index contributed by atoms with van der Waals surface area (Å²) < 4.78 is 11.3. The first-order valence-electron chi connectivity index (χ1n) is 13.3. The van der Waals surface area contributed by atoms with Crippen LogP contribution in [0.1, 0.15) is 64.7 Å². The van der Waals surface area contributed by atoms with Gasteiger partial charge in [0.2, 0.25) is 0 Å². The van der Waals surface area contributed by atoms with E-state index in [1.54, 1.807) is 0 Å². The summed E-state index contributed by atoms with van der Waals surface area (Å²) in [4.78, 5) is 49.9. The number of nitrogens with zero attached hydrogens (tertiary/aromatic N) is 1. The fraction of sp³-hybridized carbons (Fsp3) is 0.643. The molecule has 196 valence electrons. The van der Waals surface area contributed by atoms with Crippen LogP contribution in [0.3, 0.4) is 0 Å². The maximum Gasteiger partial charge on any atom is 0.330 e. The number of carbonyl (C=O) groups is 4. The van der Waals surface area contributed by atoms with Crippen molar-refractivity contribution in [2.45, 2.75) is 83.0 Å². The quantitative estimate of drug-likeness (QED) is 0.359. The fourth-order valence-corrected chi connectivity index (χ4v) is 5.88. The smallest absolute Gasteiger partial charge is 0.330 e. The molecule has 8 nitrogen and oxygen atoms in total. The minimum Gasteiger partial charge on any atom is -0.462 e. The highest BCUT2D eigenvalue weighted by molar-refractivity contribution is 6.12. The molecule has 2 aliphatic heterocycles. The highest BCUT2D eigenvalue weighted by atomic mass is 16.5. The van der Waals surface area contributed by atoms with Crippen molar-refractivity contribution in [1.29, 1.82) is 0 Å². The molecule has 0 saturated heterocycles. The molecule has 0 aromatic carbocycles. The molecule has 2 saturated carbocycles. The summed E-state index contributed by atoms with van der Waals surface area (Å²) in [6.07, 6.45) is 15.0. The Kier molecular flexibility index (Phi) is 8.77. The third kappa shape index (κ3) is 6.72. The van der Waals surface area contributed by atoms with Crippen molar-refractivity contribution in [3.63, 3.8) is 0 Å². The molecular formula is C28H37NO7. The van der Waals surface area contributed by atoms with Gasteiger partial charge >= 0.3 is 11.9 Å². The van der Waals surface area contributed by atoms with Gasteiger partial charge in [0.15, 0.2) is 0 Å². The van der Waals surface area contributed by atoms with Crippen LogP contribution < -0.4 is 0 Å². The maximum atomic E-state index is 12.9. The molecule has 0 aromatic rings. The number of aliphatic hydroxyl groups is 1. The van der Waals surface area contributed by atoms with E-state index in [1.165, 1.54) is 29.2 Å². The second kappa shape index (κ2) is 12.0. The van der Waals surface area contributed by atoms with Gasteiger partial charge in [0.25, 0.3) is 11.8 Å². The third-order valence-corrected chi connectivity index (χ3v) is 7.97. The Bertz CT molecular complexity index is 912. The summed E-state index contributed by atoms with van der Waals surface area (Å²) in [5.74, 6) is -1.22. The van der Waals surface area contributed by atoms with Gasteiger partial charge in [-0.2, -0.15) is 0 Å². The Morgan fingerprint density at radius 3 is 2.47 bits per heavy atom. The van der Waals surface area contributed by atoms with Gasteiger partial charge in [-0.1, -0.05) is 12.2 Å². The molecule has 0 radical (unpaired) electrons. The summed E-state index contributed by atoms with van der Waals surface area (Å²) in [5, 5.41) is 10.8. The predicted molar refractivity (Wildman–Crippen MR) is 131 cm³/mol. The molecule has 4 rings (SSSR count). The van der Waals surface area contributed by atoms with Gasteiger partial charge in [-0.25, -0.2) is 4.79 Å². The average Bonchev–Trinajstić information content (AvgIpc) is 3.40. The lowest BCUT2D eigenvalue weighted by Crippen LogP contribution is -2.37. The highest BCUT2D eigenvalue weighted by Crippen LogP contribution is 2.39. The van der Waals surface area contributed by atoms with Crippen LogP contribution in [0.5, 0.6) is 0 Å². The number of cyclic esters (lactones) is 1. The topological polar surface area (TPSA) is 110 Å². The van der Waals surface area contributed by atoms with Gasteiger partial charge in [0.1, 0.15) is 6.10 Å². The first kappa shape index (κ1) is 26.3. The molecule has 4 aliphatic rings. The zero-order valence-electron chi connectivity index (χ0n) is 20.9. The van der Waals surface area contributed by atoms with Crippen molar-refractivity contribution in [3.8, 4) is 0 Å². The fourth-order valence-electron chi connectivity index (χ4n) is 5.88. The SMILES string of the molecule is C[C@H]1CCC/C=C/[C@@H]2C[C@H](OC(=O)[C@H]3CC[C@H](CN4C(=O)C=CC4=O)CC3)C[C@H]2[C@H](O)/C=C/C(=O)O1. The van der Waals surface area contributed by atoms with Crippen LogP contribution in [0.25, 0.3) is 0 Å². The van der Waals surface area contributed by atoms with Crippen LogP contribution in [0.15, 0.2) is 36.5 Å². The number of hydrogen-bond donors (Lipinski definition) is 1. The molecule has 0 spiro atoms. The van der Waals surface area contributed by atoms with Gasteiger partial charge in [-0.05, 0) is 88.5 Å². The van der Waals surface area contributed by atoms with E-state index < -0.39 is 12.1 Å². The number of fused-ring (bicyclic) bond motifs is 1. The molecule has 2 aliphatic carbocycles. The summed E-state index contributed by atoms with van der Waals surface area (Å²) in [6.45, 7) is 2.28. The molecule has 0 bridgehead atoms. The average molecular weight is 500 g/mol. The summed E-state index contributed by atoms with van der Waals surface area (Å²) in [6, 6.07) is 0. The Morgan fingerprint density at radius 1 is 1.03 bits per heavy atom. The minimum absolute atomic E-state index is 0.0662. The van der Waals surface area contributed by atoms with Crippen LogP contribution in [0.4, 0.5) is 0 Å². The molecule has 0 unspecified atom stereocenters. The Labute approximate surface area is 212 Å². The first-order valence-corrected chi connectivity index (χ1v) is 13.3. The molecule has 36 heavy (non-hydrogen) atoms. The lowest BCUT2D eigenvalue weighted by Gasteiger charge is -2.30. The normalized spacial score (nSPS) is 37.3. The summed E-state index contributed by atoms with van der Waals surface area (Å²) in [5.41, 5.74) is 0. The maximum absolute atomic E-state index is 12.9. The number of esters is 2. The third-order valence-electron chi connectivity index (χ3n) is 7.97. The van der Waals surface area contributed by atoms with Gasteiger partial charge < -0.3 is 14.6 Å². The second-order valence-corrected chi connectivity index (χ2v) is 10.7. The molecule has 2 heterocycles. The molecule has 1 N–H and O–H groups in total. The van der Waals surface area contributed by atoms with Crippen LogP contribution >= 0.6 is 0 Å². The lowest BCUT2D eigenvalue weighted by molar-refractivity contribution is -0.156. The van der Waals surface area contributed by atoms with Crippen molar-refractivity contribution in [3.05, 3.63) is 36.5 Å². The Morgan fingerprint density at radius 2 is 1.75 bits per heavy atom.